The molecule has 0 unspecified atom stereocenters. The number of aromatic hydroxyl groups is 1. The molecule has 196 valence electrons. The summed E-state index contributed by atoms with van der Waals surface area (Å²) in [6.07, 6.45) is 8.06. The van der Waals surface area contributed by atoms with Crippen molar-refractivity contribution in [3.8, 4) is 17.0 Å². The second-order valence-corrected chi connectivity index (χ2v) is 11.7. The quantitative estimate of drug-likeness (QED) is 0.343. The molecule has 4 aromatic rings. The van der Waals surface area contributed by atoms with Gasteiger partial charge in [0, 0.05) is 18.8 Å². The molecular weight excluding hydrogens is 498 g/mol. The van der Waals surface area contributed by atoms with E-state index in [0.717, 1.165) is 53.5 Å². The van der Waals surface area contributed by atoms with E-state index in [1.54, 1.807) is 29.1 Å². The molecule has 2 aromatic heterocycles. The third-order valence-corrected chi connectivity index (χ3v) is 9.09. The highest BCUT2D eigenvalue weighted by Crippen LogP contribution is 2.38. The van der Waals surface area contributed by atoms with Gasteiger partial charge in [-0.3, -0.25) is 14.3 Å². The molecule has 0 spiro atoms. The molecule has 0 fully saturated rings. The maximum Gasteiger partial charge on any atom is 0.296 e. The zero-order valence-corrected chi connectivity index (χ0v) is 22.4. The SMILES string of the molecule is CCCCc1nc(=O)c(S(=O)(=O)c2ccc(-c3ccncc3C)cc2)c(O)n1[C@H]1CCCc2ccccc21. The molecule has 38 heavy (non-hydrogen) atoms. The van der Waals surface area contributed by atoms with Crippen molar-refractivity contribution in [3.63, 3.8) is 0 Å². The van der Waals surface area contributed by atoms with Crippen LogP contribution in [0.1, 0.15) is 61.2 Å². The third kappa shape index (κ3) is 4.65. The fourth-order valence-corrected chi connectivity index (χ4v) is 6.69. The van der Waals surface area contributed by atoms with Crippen molar-refractivity contribution >= 4 is 9.84 Å². The number of rotatable bonds is 7. The van der Waals surface area contributed by atoms with E-state index in [1.807, 2.05) is 38.1 Å². The number of nitrogens with zero attached hydrogens (tertiary/aromatic N) is 3. The summed E-state index contributed by atoms with van der Waals surface area (Å²) in [6, 6.07) is 15.9. The standard InChI is InChI=1S/C30H31N3O4S/c1-3-4-12-27-32-29(34)28(30(35)33(27)26-11-7-9-21-8-5-6-10-25(21)26)38(36,37)23-15-13-22(14-16-23)24-17-18-31-19-20(24)2/h5-6,8,10,13-19,26,35H,3-4,7,9,11-12H2,1-2H3/t26-/m0/s1. The van der Waals surface area contributed by atoms with Crippen LogP contribution in [0.5, 0.6) is 5.88 Å². The molecule has 2 heterocycles. The number of aryl methyl sites for hydroxylation is 3. The van der Waals surface area contributed by atoms with Crippen molar-refractivity contribution in [1.29, 1.82) is 0 Å². The van der Waals surface area contributed by atoms with Crippen molar-refractivity contribution in [2.75, 3.05) is 0 Å². The summed E-state index contributed by atoms with van der Waals surface area (Å²) in [7, 11) is -4.34. The topological polar surface area (TPSA) is 102 Å². The van der Waals surface area contributed by atoms with Crippen LogP contribution in [-0.4, -0.2) is 28.1 Å². The third-order valence-electron chi connectivity index (χ3n) is 7.30. The van der Waals surface area contributed by atoms with Gasteiger partial charge in [0.2, 0.25) is 15.7 Å². The van der Waals surface area contributed by atoms with Gasteiger partial charge in [-0.2, -0.15) is 4.98 Å². The Morgan fingerprint density at radius 2 is 1.84 bits per heavy atom. The van der Waals surface area contributed by atoms with Gasteiger partial charge in [-0.15, -0.1) is 0 Å². The summed E-state index contributed by atoms with van der Waals surface area (Å²) in [6.45, 7) is 3.97. The van der Waals surface area contributed by atoms with Crippen molar-refractivity contribution < 1.29 is 13.5 Å². The Labute approximate surface area is 222 Å². The molecule has 0 saturated heterocycles. The highest BCUT2D eigenvalue weighted by molar-refractivity contribution is 7.91. The van der Waals surface area contributed by atoms with Crippen LogP contribution in [-0.2, 0) is 22.7 Å². The number of sulfone groups is 1. The smallest absolute Gasteiger partial charge is 0.296 e. The van der Waals surface area contributed by atoms with E-state index in [1.165, 1.54) is 12.1 Å². The van der Waals surface area contributed by atoms with Gasteiger partial charge in [-0.05, 0) is 78.6 Å². The summed E-state index contributed by atoms with van der Waals surface area (Å²) in [5, 5.41) is 11.5. The Hall–Kier alpha value is -3.78. The van der Waals surface area contributed by atoms with E-state index in [9.17, 15) is 18.3 Å². The first-order valence-electron chi connectivity index (χ1n) is 13.0. The van der Waals surface area contributed by atoms with Crippen LogP contribution in [0.3, 0.4) is 0 Å². The fraction of sp³-hybridized carbons (Fsp3) is 0.300. The van der Waals surface area contributed by atoms with Crippen LogP contribution in [0.15, 0.2) is 81.6 Å². The van der Waals surface area contributed by atoms with Crippen LogP contribution in [0.4, 0.5) is 0 Å². The molecule has 8 heteroatoms. The zero-order chi connectivity index (χ0) is 26.9. The molecule has 1 atom stereocenters. The van der Waals surface area contributed by atoms with Gasteiger partial charge in [0.15, 0.2) is 4.90 Å². The van der Waals surface area contributed by atoms with Crippen LogP contribution in [0.25, 0.3) is 11.1 Å². The largest absolute Gasteiger partial charge is 0.493 e. The first-order valence-corrected chi connectivity index (χ1v) is 14.5. The van der Waals surface area contributed by atoms with Gasteiger partial charge in [-0.25, -0.2) is 8.42 Å². The fourth-order valence-electron chi connectivity index (χ4n) is 5.35. The lowest BCUT2D eigenvalue weighted by molar-refractivity contribution is 0.346. The molecule has 1 N–H and O–H groups in total. The van der Waals surface area contributed by atoms with E-state index in [0.29, 0.717) is 18.7 Å². The number of unbranched alkanes of at least 4 members (excludes halogenated alkanes) is 1. The number of fused-ring (bicyclic) bond motifs is 1. The van der Waals surface area contributed by atoms with Gasteiger partial charge >= 0.3 is 0 Å². The molecular formula is C30H31N3O4S. The minimum atomic E-state index is -4.34. The van der Waals surface area contributed by atoms with E-state index < -0.39 is 26.2 Å². The van der Waals surface area contributed by atoms with Gasteiger partial charge in [0.05, 0.1) is 10.9 Å². The van der Waals surface area contributed by atoms with Crippen molar-refractivity contribution in [1.82, 2.24) is 14.5 Å². The summed E-state index contributed by atoms with van der Waals surface area (Å²) in [5.74, 6) is -0.120. The summed E-state index contributed by atoms with van der Waals surface area (Å²) < 4.78 is 29.1. The molecule has 0 saturated carbocycles. The Morgan fingerprint density at radius 3 is 2.58 bits per heavy atom. The highest BCUT2D eigenvalue weighted by Gasteiger charge is 2.33. The molecule has 0 aliphatic heterocycles. The number of aromatic nitrogens is 3. The molecule has 5 rings (SSSR count). The van der Waals surface area contributed by atoms with E-state index >= 15 is 0 Å². The maximum atomic E-state index is 13.8. The zero-order valence-electron chi connectivity index (χ0n) is 21.6. The summed E-state index contributed by atoms with van der Waals surface area (Å²) >= 11 is 0. The average molecular weight is 530 g/mol. The van der Waals surface area contributed by atoms with Gasteiger partial charge in [0.1, 0.15) is 5.82 Å². The number of hydrogen-bond acceptors (Lipinski definition) is 6. The second kappa shape index (κ2) is 10.5. The number of pyridine rings is 1. The van der Waals surface area contributed by atoms with Gasteiger partial charge < -0.3 is 5.11 Å². The lowest BCUT2D eigenvalue weighted by Gasteiger charge is -2.30. The van der Waals surface area contributed by atoms with Gasteiger partial charge in [0.25, 0.3) is 5.56 Å². The molecule has 0 amide bonds. The molecule has 7 nitrogen and oxygen atoms in total. The lowest BCUT2D eigenvalue weighted by atomic mass is 9.87. The first kappa shape index (κ1) is 25.9. The minimum absolute atomic E-state index is 0.0703. The first-order chi connectivity index (χ1) is 18.3. The van der Waals surface area contributed by atoms with Crippen LogP contribution in [0, 0.1) is 6.92 Å². The van der Waals surface area contributed by atoms with Crippen LogP contribution in [0.2, 0.25) is 0 Å². The number of hydrogen-bond donors (Lipinski definition) is 1. The normalized spacial score (nSPS) is 15.3. The molecule has 2 aromatic carbocycles. The second-order valence-electron chi connectivity index (χ2n) is 9.78. The Kier molecular flexibility index (Phi) is 7.17. The lowest BCUT2D eigenvalue weighted by Crippen LogP contribution is -2.29. The van der Waals surface area contributed by atoms with Crippen molar-refractivity contribution in [2.24, 2.45) is 0 Å². The summed E-state index contributed by atoms with van der Waals surface area (Å²) in [4.78, 5) is 20.8. The molecule has 0 radical (unpaired) electrons. The minimum Gasteiger partial charge on any atom is -0.493 e. The maximum absolute atomic E-state index is 13.8. The van der Waals surface area contributed by atoms with E-state index in [2.05, 4.69) is 16.0 Å². The Bertz CT molecular complexity index is 1640. The van der Waals surface area contributed by atoms with Gasteiger partial charge in [-0.1, -0.05) is 49.7 Å². The van der Waals surface area contributed by atoms with Crippen LogP contribution < -0.4 is 5.56 Å². The Morgan fingerprint density at radius 1 is 1.08 bits per heavy atom. The van der Waals surface area contributed by atoms with Crippen molar-refractivity contribution in [2.45, 2.75) is 68.2 Å². The Balaban J connectivity index is 1.64. The monoisotopic (exact) mass is 529 g/mol. The average Bonchev–Trinajstić information content (AvgIpc) is 2.92. The number of benzene rings is 2. The highest BCUT2D eigenvalue weighted by atomic mass is 32.2. The molecule has 1 aliphatic carbocycles. The predicted octanol–water partition coefficient (Wildman–Crippen LogP) is 5.42. The molecule has 0 bridgehead atoms. The predicted molar refractivity (Wildman–Crippen MR) is 146 cm³/mol. The summed E-state index contributed by atoms with van der Waals surface area (Å²) in [5.41, 5.74) is 3.99. The van der Waals surface area contributed by atoms with E-state index in [-0.39, 0.29) is 10.9 Å². The molecule has 1 aliphatic rings. The van der Waals surface area contributed by atoms with Crippen LogP contribution >= 0.6 is 0 Å². The van der Waals surface area contributed by atoms with E-state index in [4.69, 9.17) is 0 Å². The van der Waals surface area contributed by atoms with Crippen molar-refractivity contribution in [3.05, 3.63) is 99.9 Å².